The first kappa shape index (κ1) is 15.7. The Bertz CT molecular complexity index is 699. The van der Waals surface area contributed by atoms with Crippen molar-refractivity contribution < 1.29 is 9.53 Å². The van der Waals surface area contributed by atoms with Crippen LogP contribution in [0.2, 0.25) is 0 Å². The fourth-order valence-corrected chi connectivity index (χ4v) is 2.89. The van der Waals surface area contributed by atoms with Gasteiger partial charge in [0.1, 0.15) is 5.75 Å². The maximum Gasteiger partial charge on any atom is 0.238 e. The Morgan fingerprint density at radius 2 is 2.29 bits per heavy atom. The molecule has 0 aliphatic carbocycles. The van der Waals surface area contributed by atoms with E-state index in [1.807, 2.05) is 25.1 Å². The van der Waals surface area contributed by atoms with Crippen LogP contribution < -0.4 is 15.8 Å². The number of nitrogens with two attached hydrogens (primary N) is 1. The Labute approximate surface area is 132 Å². The molecule has 0 saturated heterocycles. The van der Waals surface area contributed by atoms with Gasteiger partial charge in [-0.1, -0.05) is 30.5 Å². The van der Waals surface area contributed by atoms with Gasteiger partial charge < -0.3 is 15.8 Å². The number of anilines is 1. The van der Waals surface area contributed by atoms with Crippen LogP contribution >= 0.6 is 23.6 Å². The molecule has 0 aliphatic rings. The molecule has 2 rings (SSSR count). The Morgan fingerprint density at radius 3 is 2.86 bits per heavy atom. The summed E-state index contributed by atoms with van der Waals surface area (Å²) in [4.78, 5) is 16.9. The van der Waals surface area contributed by atoms with Crippen LogP contribution in [-0.2, 0) is 4.79 Å². The SMILES string of the molecule is CCC(C)(C(=O)Nc1nc2ccc(OC)cc2s1)C(N)=S. The third-order valence-electron chi connectivity index (χ3n) is 3.57. The van der Waals surface area contributed by atoms with Crippen LogP contribution in [0.15, 0.2) is 18.2 Å². The molecule has 0 aliphatic heterocycles. The first-order chi connectivity index (χ1) is 9.90. The predicted molar refractivity (Wildman–Crippen MR) is 90.0 cm³/mol. The molecular formula is C14H17N3O2S2. The van der Waals surface area contributed by atoms with E-state index < -0.39 is 5.41 Å². The van der Waals surface area contributed by atoms with Crippen LogP contribution in [0.1, 0.15) is 20.3 Å². The number of carbonyl (C=O) groups excluding carboxylic acids is 1. The highest BCUT2D eigenvalue weighted by Crippen LogP contribution is 2.31. The highest BCUT2D eigenvalue weighted by molar-refractivity contribution is 7.80. The van der Waals surface area contributed by atoms with Crippen molar-refractivity contribution in [2.24, 2.45) is 11.1 Å². The van der Waals surface area contributed by atoms with E-state index in [-0.39, 0.29) is 10.9 Å². The van der Waals surface area contributed by atoms with Gasteiger partial charge in [-0.25, -0.2) is 4.98 Å². The van der Waals surface area contributed by atoms with Gasteiger partial charge in [-0.2, -0.15) is 0 Å². The van der Waals surface area contributed by atoms with E-state index in [1.54, 1.807) is 14.0 Å². The lowest BCUT2D eigenvalue weighted by Crippen LogP contribution is -2.43. The zero-order valence-corrected chi connectivity index (χ0v) is 13.7. The number of nitrogens with zero attached hydrogens (tertiary/aromatic N) is 1. The summed E-state index contributed by atoms with van der Waals surface area (Å²) in [6.45, 7) is 3.61. The molecule has 112 valence electrons. The standard InChI is InChI=1S/C14H17N3O2S2/c1-4-14(2,11(15)20)12(18)17-13-16-9-6-5-8(19-3)7-10(9)21-13/h5-7H,4H2,1-3H3,(H2,15,20)(H,16,17,18). The fraction of sp³-hybridized carbons (Fsp3) is 0.357. The molecule has 3 N–H and O–H groups in total. The smallest absolute Gasteiger partial charge is 0.238 e. The van der Waals surface area contributed by atoms with Gasteiger partial charge in [-0.05, 0) is 31.5 Å². The number of benzene rings is 1. The maximum absolute atomic E-state index is 12.4. The lowest BCUT2D eigenvalue weighted by atomic mass is 9.86. The van der Waals surface area contributed by atoms with E-state index in [9.17, 15) is 4.79 Å². The molecule has 1 aromatic carbocycles. The van der Waals surface area contributed by atoms with Crippen LogP contribution in [-0.4, -0.2) is 23.0 Å². The van der Waals surface area contributed by atoms with Gasteiger partial charge in [-0.3, -0.25) is 4.79 Å². The summed E-state index contributed by atoms with van der Waals surface area (Å²) in [7, 11) is 1.61. The molecule has 0 bridgehead atoms. The quantitative estimate of drug-likeness (QED) is 0.827. The van der Waals surface area contributed by atoms with Crippen molar-refractivity contribution in [3.05, 3.63) is 18.2 Å². The molecule has 7 heteroatoms. The van der Waals surface area contributed by atoms with Crippen molar-refractivity contribution >= 4 is 49.8 Å². The number of rotatable bonds is 5. The van der Waals surface area contributed by atoms with Crippen LogP contribution in [0.3, 0.4) is 0 Å². The minimum atomic E-state index is -0.870. The van der Waals surface area contributed by atoms with E-state index in [4.69, 9.17) is 22.7 Å². The maximum atomic E-state index is 12.4. The predicted octanol–water partition coefficient (Wildman–Crippen LogP) is 2.95. The van der Waals surface area contributed by atoms with Crippen molar-refractivity contribution in [2.75, 3.05) is 12.4 Å². The number of thiocarbonyl (C=S) groups is 1. The largest absolute Gasteiger partial charge is 0.497 e. The second-order valence-corrected chi connectivity index (χ2v) is 6.33. The summed E-state index contributed by atoms with van der Waals surface area (Å²) >= 11 is 6.39. The lowest BCUT2D eigenvalue weighted by molar-refractivity contribution is -0.121. The third-order valence-corrected chi connectivity index (χ3v) is 4.95. The van der Waals surface area contributed by atoms with Crippen molar-refractivity contribution in [1.29, 1.82) is 0 Å². The molecule has 5 nitrogen and oxygen atoms in total. The average Bonchev–Trinajstić information content (AvgIpc) is 2.86. The van der Waals surface area contributed by atoms with Crippen molar-refractivity contribution in [2.45, 2.75) is 20.3 Å². The number of thiazole rings is 1. The zero-order valence-electron chi connectivity index (χ0n) is 12.1. The summed E-state index contributed by atoms with van der Waals surface area (Å²) in [5.74, 6) is 0.522. The first-order valence-corrected chi connectivity index (χ1v) is 7.69. The highest BCUT2D eigenvalue weighted by atomic mass is 32.1. The number of fused-ring (bicyclic) bond motifs is 1. The topological polar surface area (TPSA) is 77.2 Å². The van der Waals surface area contributed by atoms with Crippen LogP contribution in [0.5, 0.6) is 5.75 Å². The number of hydrogen-bond donors (Lipinski definition) is 2. The van der Waals surface area contributed by atoms with Crippen molar-refractivity contribution in [3.63, 3.8) is 0 Å². The molecule has 1 unspecified atom stereocenters. The van der Waals surface area contributed by atoms with E-state index in [0.717, 1.165) is 16.0 Å². The zero-order chi connectivity index (χ0) is 15.6. The van der Waals surface area contributed by atoms with E-state index in [2.05, 4.69) is 10.3 Å². The second-order valence-electron chi connectivity index (χ2n) is 4.86. The monoisotopic (exact) mass is 323 g/mol. The van der Waals surface area contributed by atoms with Crippen LogP contribution in [0.4, 0.5) is 5.13 Å². The number of aromatic nitrogens is 1. The molecule has 0 fully saturated rings. The van der Waals surface area contributed by atoms with Gasteiger partial charge in [0.25, 0.3) is 0 Å². The van der Waals surface area contributed by atoms with Crippen LogP contribution in [0.25, 0.3) is 10.2 Å². The molecule has 21 heavy (non-hydrogen) atoms. The molecule has 1 heterocycles. The van der Waals surface area contributed by atoms with Crippen LogP contribution in [0, 0.1) is 5.41 Å². The molecule has 1 aromatic heterocycles. The molecular weight excluding hydrogens is 306 g/mol. The summed E-state index contributed by atoms with van der Waals surface area (Å²) < 4.78 is 6.12. The summed E-state index contributed by atoms with van der Waals surface area (Å²) in [6.07, 6.45) is 0.535. The number of hydrogen-bond acceptors (Lipinski definition) is 5. The highest BCUT2D eigenvalue weighted by Gasteiger charge is 2.35. The summed E-state index contributed by atoms with van der Waals surface area (Å²) in [5, 5.41) is 3.33. The van der Waals surface area contributed by atoms with E-state index in [0.29, 0.717) is 11.6 Å². The number of methoxy groups -OCH3 is 1. The Kier molecular flexibility index (Phi) is 4.43. The number of ether oxygens (including phenoxy) is 1. The first-order valence-electron chi connectivity index (χ1n) is 6.46. The Morgan fingerprint density at radius 1 is 1.57 bits per heavy atom. The second kappa shape index (κ2) is 5.95. The van der Waals surface area contributed by atoms with Gasteiger partial charge in [0, 0.05) is 0 Å². The van der Waals surface area contributed by atoms with Gasteiger partial charge >= 0.3 is 0 Å². The number of nitrogens with one attached hydrogen (secondary N) is 1. The van der Waals surface area contributed by atoms with Gasteiger partial charge in [0.2, 0.25) is 5.91 Å². The molecule has 0 saturated carbocycles. The number of amides is 1. The molecule has 1 amide bonds. The molecule has 0 radical (unpaired) electrons. The molecule has 0 spiro atoms. The average molecular weight is 323 g/mol. The van der Waals surface area contributed by atoms with E-state index >= 15 is 0 Å². The molecule has 2 aromatic rings. The third kappa shape index (κ3) is 2.98. The minimum absolute atomic E-state index is 0.185. The van der Waals surface area contributed by atoms with E-state index in [1.165, 1.54) is 11.3 Å². The lowest BCUT2D eigenvalue weighted by Gasteiger charge is -2.24. The van der Waals surface area contributed by atoms with Gasteiger partial charge in [0.05, 0.1) is 27.7 Å². The normalized spacial score (nSPS) is 13.7. The number of carbonyl (C=O) groups is 1. The minimum Gasteiger partial charge on any atom is -0.497 e. The van der Waals surface area contributed by atoms with Crippen molar-refractivity contribution in [1.82, 2.24) is 4.98 Å². The fourth-order valence-electron chi connectivity index (χ4n) is 1.77. The summed E-state index contributed by atoms with van der Waals surface area (Å²) in [6, 6.07) is 5.57. The van der Waals surface area contributed by atoms with Gasteiger partial charge in [-0.15, -0.1) is 0 Å². The van der Waals surface area contributed by atoms with Crippen molar-refractivity contribution in [3.8, 4) is 5.75 Å². The Balaban J connectivity index is 2.27. The summed E-state index contributed by atoms with van der Waals surface area (Å²) in [5.41, 5.74) is 5.63. The Hall–Kier alpha value is -1.73. The molecule has 1 atom stereocenters. The van der Waals surface area contributed by atoms with Gasteiger partial charge in [0.15, 0.2) is 5.13 Å².